The van der Waals surface area contributed by atoms with Gasteiger partial charge in [0.1, 0.15) is 5.82 Å². The molecule has 1 aromatic carbocycles. The fourth-order valence-corrected chi connectivity index (χ4v) is 2.91. The zero-order valence-corrected chi connectivity index (χ0v) is 12.0. The number of aliphatic hydroxyl groups excluding tert-OH is 2. The molecule has 2 atom stereocenters. The van der Waals surface area contributed by atoms with Gasteiger partial charge in [0, 0.05) is 24.4 Å². The van der Waals surface area contributed by atoms with Crippen LogP contribution >= 0.6 is 0 Å². The maximum Gasteiger partial charge on any atom is 0.336 e. The third kappa shape index (κ3) is 2.63. The van der Waals surface area contributed by atoms with E-state index in [1.54, 1.807) is 24.3 Å². The number of carbonyl (C=O) groups is 1. The first-order chi connectivity index (χ1) is 10.6. The molecule has 0 spiro atoms. The summed E-state index contributed by atoms with van der Waals surface area (Å²) in [6.45, 7) is 0.946. The Balaban J connectivity index is 2.02. The van der Waals surface area contributed by atoms with Gasteiger partial charge in [0.2, 0.25) is 0 Å². The number of carboxylic acid groups (broad SMARTS) is 1. The maximum absolute atomic E-state index is 11.5. The minimum atomic E-state index is -0.990. The molecule has 6 nitrogen and oxygen atoms in total. The van der Waals surface area contributed by atoms with Gasteiger partial charge in [-0.25, -0.2) is 9.78 Å². The van der Waals surface area contributed by atoms with Gasteiger partial charge in [0.05, 0.1) is 23.8 Å². The molecular formula is C16H18N2O4. The number of aromatic carboxylic acids is 1. The first-order valence-electron chi connectivity index (χ1n) is 7.27. The molecule has 1 aromatic heterocycles. The van der Waals surface area contributed by atoms with Crippen molar-refractivity contribution in [1.29, 1.82) is 0 Å². The molecule has 0 amide bonds. The summed E-state index contributed by atoms with van der Waals surface area (Å²) >= 11 is 0. The normalized spacial score (nSPS) is 22.0. The van der Waals surface area contributed by atoms with Crippen molar-refractivity contribution in [3.05, 3.63) is 35.9 Å². The van der Waals surface area contributed by atoms with Crippen LogP contribution in [0.15, 0.2) is 30.3 Å². The monoisotopic (exact) mass is 302 g/mol. The topological polar surface area (TPSA) is 93.9 Å². The Morgan fingerprint density at radius 2 is 2.14 bits per heavy atom. The summed E-state index contributed by atoms with van der Waals surface area (Å²) in [5.74, 6) is -0.660. The second-order valence-electron chi connectivity index (χ2n) is 5.60. The van der Waals surface area contributed by atoms with Crippen LogP contribution in [0, 0.1) is 5.92 Å². The van der Waals surface area contributed by atoms with Gasteiger partial charge in [-0.15, -0.1) is 0 Å². The number of anilines is 1. The van der Waals surface area contributed by atoms with Gasteiger partial charge in [-0.1, -0.05) is 18.2 Å². The van der Waals surface area contributed by atoms with Gasteiger partial charge in [-0.2, -0.15) is 0 Å². The van der Waals surface area contributed by atoms with Crippen LogP contribution < -0.4 is 4.90 Å². The molecule has 2 aromatic rings. The van der Waals surface area contributed by atoms with Crippen molar-refractivity contribution in [2.24, 2.45) is 5.92 Å². The second-order valence-corrected chi connectivity index (χ2v) is 5.60. The van der Waals surface area contributed by atoms with E-state index < -0.39 is 12.1 Å². The highest BCUT2D eigenvalue weighted by Crippen LogP contribution is 2.26. The Labute approximate surface area is 127 Å². The quantitative estimate of drug-likeness (QED) is 0.786. The van der Waals surface area contributed by atoms with Crippen LogP contribution in [-0.4, -0.2) is 52.1 Å². The summed E-state index contributed by atoms with van der Waals surface area (Å²) in [6, 6.07) is 8.70. The summed E-state index contributed by atoms with van der Waals surface area (Å²) in [4.78, 5) is 18.0. The lowest BCUT2D eigenvalue weighted by Gasteiger charge is -2.36. The standard InChI is InChI=1S/C16H18N2O4/c19-9-10-8-18(6-5-14(10)20)15-7-12(16(21)22)11-3-1-2-4-13(11)17-15/h1-4,7,10,14,19-20H,5-6,8-9H2,(H,21,22)/t10-,14-/m0/s1. The molecule has 0 unspecified atom stereocenters. The van der Waals surface area contributed by atoms with Crippen molar-refractivity contribution in [3.63, 3.8) is 0 Å². The van der Waals surface area contributed by atoms with Crippen LogP contribution in [0.1, 0.15) is 16.8 Å². The number of benzene rings is 1. The first-order valence-corrected chi connectivity index (χ1v) is 7.27. The van der Waals surface area contributed by atoms with Crippen molar-refractivity contribution in [3.8, 4) is 0 Å². The zero-order valence-electron chi connectivity index (χ0n) is 12.0. The SMILES string of the molecule is O=C(O)c1cc(N2CC[C@H](O)[C@H](CO)C2)nc2ccccc12. The third-order valence-electron chi connectivity index (χ3n) is 4.19. The van der Waals surface area contributed by atoms with Gasteiger partial charge < -0.3 is 20.2 Å². The third-order valence-corrected chi connectivity index (χ3v) is 4.19. The van der Waals surface area contributed by atoms with E-state index in [2.05, 4.69) is 4.98 Å². The molecule has 3 rings (SSSR count). The number of nitrogens with zero attached hydrogens (tertiary/aromatic N) is 2. The van der Waals surface area contributed by atoms with Crippen LogP contribution in [-0.2, 0) is 0 Å². The van der Waals surface area contributed by atoms with Crippen molar-refractivity contribution >= 4 is 22.7 Å². The van der Waals surface area contributed by atoms with Crippen molar-refractivity contribution in [2.45, 2.75) is 12.5 Å². The predicted molar refractivity (Wildman–Crippen MR) is 82.1 cm³/mol. The molecule has 2 heterocycles. The number of hydrogen-bond acceptors (Lipinski definition) is 5. The summed E-state index contributed by atoms with van der Waals surface area (Å²) in [6.07, 6.45) is 0.00272. The van der Waals surface area contributed by atoms with Crippen LogP contribution in [0.5, 0.6) is 0 Å². The minimum absolute atomic E-state index is 0.100. The number of aromatic nitrogens is 1. The Hall–Kier alpha value is -2.18. The van der Waals surface area contributed by atoms with Gasteiger partial charge in [-0.3, -0.25) is 0 Å². The lowest BCUT2D eigenvalue weighted by atomic mass is 9.95. The van der Waals surface area contributed by atoms with E-state index in [4.69, 9.17) is 0 Å². The van der Waals surface area contributed by atoms with E-state index in [1.807, 2.05) is 11.0 Å². The average Bonchev–Trinajstić information content (AvgIpc) is 2.54. The molecule has 0 aliphatic carbocycles. The summed E-state index contributed by atoms with van der Waals surface area (Å²) in [5, 5.41) is 29.2. The number of carboxylic acids is 1. The van der Waals surface area contributed by atoms with Crippen LogP contribution in [0.4, 0.5) is 5.82 Å². The first kappa shape index (κ1) is 14.7. The summed E-state index contributed by atoms with van der Waals surface area (Å²) in [7, 11) is 0. The molecule has 3 N–H and O–H groups in total. The molecule has 6 heteroatoms. The smallest absolute Gasteiger partial charge is 0.336 e. The molecule has 0 radical (unpaired) electrons. The van der Waals surface area contributed by atoms with Gasteiger partial charge in [-0.05, 0) is 18.6 Å². The number of para-hydroxylation sites is 1. The van der Waals surface area contributed by atoms with E-state index in [0.29, 0.717) is 36.2 Å². The molecule has 0 saturated carbocycles. The van der Waals surface area contributed by atoms with Crippen LogP contribution in [0.25, 0.3) is 10.9 Å². The predicted octanol–water partition coefficient (Wildman–Crippen LogP) is 1.11. The molecule has 1 aliphatic rings. The fourth-order valence-electron chi connectivity index (χ4n) is 2.91. The summed E-state index contributed by atoms with van der Waals surface area (Å²) < 4.78 is 0. The van der Waals surface area contributed by atoms with Gasteiger partial charge in [0.25, 0.3) is 0 Å². The van der Waals surface area contributed by atoms with E-state index in [9.17, 15) is 20.1 Å². The van der Waals surface area contributed by atoms with Crippen molar-refractivity contribution < 1.29 is 20.1 Å². The van der Waals surface area contributed by atoms with Gasteiger partial charge in [0.15, 0.2) is 0 Å². The maximum atomic E-state index is 11.5. The van der Waals surface area contributed by atoms with Crippen LogP contribution in [0.3, 0.4) is 0 Å². The van der Waals surface area contributed by atoms with E-state index in [-0.39, 0.29) is 18.1 Å². The number of pyridine rings is 1. The Morgan fingerprint density at radius 1 is 1.36 bits per heavy atom. The largest absolute Gasteiger partial charge is 0.478 e. The highest BCUT2D eigenvalue weighted by molar-refractivity contribution is 6.03. The fraction of sp³-hybridized carbons (Fsp3) is 0.375. The zero-order chi connectivity index (χ0) is 15.7. The van der Waals surface area contributed by atoms with E-state index in [0.717, 1.165) is 0 Å². The molecule has 0 bridgehead atoms. The van der Waals surface area contributed by atoms with Crippen LogP contribution in [0.2, 0.25) is 0 Å². The molecule has 22 heavy (non-hydrogen) atoms. The Kier molecular flexibility index (Phi) is 3.96. The van der Waals surface area contributed by atoms with Gasteiger partial charge >= 0.3 is 5.97 Å². The number of piperidine rings is 1. The second kappa shape index (κ2) is 5.90. The highest BCUT2D eigenvalue weighted by atomic mass is 16.4. The lowest BCUT2D eigenvalue weighted by Crippen LogP contribution is -2.45. The molecule has 116 valence electrons. The average molecular weight is 302 g/mol. The summed E-state index contributed by atoms with van der Waals surface area (Å²) in [5.41, 5.74) is 0.844. The lowest BCUT2D eigenvalue weighted by molar-refractivity contribution is 0.0523. The number of aliphatic hydroxyl groups is 2. The molecule has 1 saturated heterocycles. The van der Waals surface area contributed by atoms with Crippen molar-refractivity contribution in [2.75, 3.05) is 24.6 Å². The Morgan fingerprint density at radius 3 is 2.86 bits per heavy atom. The molecule has 1 fully saturated rings. The molecule has 1 aliphatic heterocycles. The number of rotatable bonds is 3. The highest BCUT2D eigenvalue weighted by Gasteiger charge is 2.28. The number of hydrogen-bond donors (Lipinski definition) is 3. The van der Waals surface area contributed by atoms with E-state index >= 15 is 0 Å². The number of fused-ring (bicyclic) bond motifs is 1. The molecular weight excluding hydrogens is 284 g/mol. The minimum Gasteiger partial charge on any atom is -0.478 e. The van der Waals surface area contributed by atoms with Crippen molar-refractivity contribution in [1.82, 2.24) is 4.98 Å². The Bertz CT molecular complexity index is 704. The van der Waals surface area contributed by atoms with E-state index in [1.165, 1.54) is 0 Å².